The highest BCUT2D eigenvalue weighted by atomic mass is 28.4. The second-order valence-corrected chi connectivity index (χ2v) is 13.2. The van der Waals surface area contributed by atoms with Gasteiger partial charge in [-0.3, -0.25) is 19.2 Å². The van der Waals surface area contributed by atoms with Crippen LogP contribution in [0, 0.1) is 0 Å². The van der Waals surface area contributed by atoms with Gasteiger partial charge in [-0.1, -0.05) is 20.8 Å². The first kappa shape index (κ1) is 20.0. The van der Waals surface area contributed by atoms with Crippen LogP contribution in [0.5, 0.6) is 0 Å². The van der Waals surface area contributed by atoms with E-state index in [1.54, 1.807) is 4.57 Å². The molecule has 0 saturated carbocycles. The van der Waals surface area contributed by atoms with Crippen LogP contribution in [0.15, 0.2) is 11.1 Å². The number of hydrogen-bond acceptors (Lipinski definition) is 8. The Morgan fingerprint density at radius 2 is 2.15 bits per heavy atom. The number of nitrogen functional groups attached to an aromatic ring is 1. The minimum absolute atomic E-state index is 0.0247. The molecule has 0 bridgehead atoms. The van der Waals surface area contributed by atoms with E-state index in [2.05, 4.69) is 48.8 Å². The lowest BCUT2D eigenvalue weighted by atomic mass is 10.2. The number of aromatic nitrogens is 4. The molecule has 2 aromatic rings. The second kappa shape index (κ2) is 6.98. The van der Waals surface area contributed by atoms with Gasteiger partial charge in [0.2, 0.25) is 5.95 Å². The van der Waals surface area contributed by atoms with Gasteiger partial charge in [-0.15, -0.1) is 0 Å². The minimum atomic E-state index is -1.93. The minimum Gasteiger partial charge on any atom is -0.414 e. The smallest absolute Gasteiger partial charge is 0.280 e. The van der Waals surface area contributed by atoms with Crippen LogP contribution in [0.25, 0.3) is 11.2 Å². The van der Waals surface area contributed by atoms with Crippen molar-refractivity contribution in [1.29, 1.82) is 0 Å². The number of anilines is 1. The number of rotatable bonds is 5. The molecule has 0 aromatic carbocycles. The van der Waals surface area contributed by atoms with Gasteiger partial charge in [-0.05, 0) is 18.1 Å². The van der Waals surface area contributed by atoms with E-state index in [-0.39, 0.29) is 28.7 Å². The van der Waals surface area contributed by atoms with E-state index >= 15 is 0 Å². The molecule has 1 aliphatic heterocycles. The lowest BCUT2D eigenvalue weighted by Crippen LogP contribution is -2.44. The highest BCUT2D eigenvalue weighted by Crippen LogP contribution is 2.38. The normalized spacial score (nSPS) is 24.0. The molecule has 5 N–H and O–H groups in total. The van der Waals surface area contributed by atoms with Crippen LogP contribution in [0.4, 0.5) is 5.95 Å². The average Bonchev–Trinajstić information content (AvgIpc) is 3.15. The molecule has 2 aromatic heterocycles. The Balaban J connectivity index is 1.80. The molecule has 0 amide bonds. The van der Waals surface area contributed by atoms with E-state index in [1.807, 2.05) is 0 Å². The number of nitrogens with two attached hydrogens (primary N) is 2. The zero-order chi connectivity index (χ0) is 20.0. The first-order chi connectivity index (χ1) is 12.5. The van der Waals surface area contributed by atoms with Gasteiger partial charge in [-0.2, -0.15) is 4.98 Å². The summed E-state index contributed by atoms with van der Waals surface area (Å²) >= 11 is 0. The quantitative estimate of drug-likeness (QED) is 0.506. The fourth-order valence-electron chi connectivity index (χ4n) is 2.83. The van der Waals surface area contributed by atoms with Crippen LogP contribution in [-0.4, -0.2) is 46.7 Å². The molecule has 1 fully saturated rings. The third kappa shape index (κ3) is 3.78. The van der Waals surface area contributed by atoms with Crippen molar-refractivity contribution in [3.8, 4) is 0 Å². The van der Waals surface area contributed by atoms with E-state index in [4.69, 9.17) is 25.6 Å². The summed E-state index contributed by atoms with van der Waals surface area (Å²) in [6.45, 7) is 11.3. The van der Waals surface area contributed by atoms with Gasteiger partial charge >= 0.3 is 0 Å². The van der Waals surface area contributed by atoms with Crippen LogP contribution >= 0.6 is 0 Å². The summed E-state index contributed by atoms with van der Waals surface area (Å²) in [7, 11) is -1.93. The van der Waals surface area contributed by atoms with Crippen LogP contribution in [0.2, 0.25) is 18.1 Å². The Labute approximate surface area is 158 Å². The molecule has 3 heterocycles. The number of nitrogens with zero attached hydrogens (tertiary/aromatic N) is 3. The maximum Gasteiger partial charge on any atom is 0.280 e. The fraction of sp³-hybridized carbons (Fsp3) is 0.688. The molecule has 11 heteroatoms. The summed E-state index contributed by atoms with van der Waals surface area (Å²) in [6.07, 6.45) is 0.913. The molecule has 0 radical (unpaired) electrons. The molecule has 1 aliphatic rings. The summed E-state index contributed by atoms with van der Waals surface area (Å²) in [6, 6.07) is 0. The largest absolute Gasteiger partial charge is 0.414 e. The topological polar surface area (TPSA) is 143 Å². The van der Waals surface area contributed by atoms with Gasteiger partial charge < -0.3 is 14.9 Å². The first-order valence-electron chi connectivity index (χ1n) is 8.91. The number of aromatic amines is 1. The molecule has 0 spiro atoms. The van der Waals surface area contributed by atoms with Gasteiger partial charge in [0, 0.05) is 6.42 Å². The number of imidazole rings is 1. The predicted molar refractivity (Wildman–Crippen MR) is 103 cm³/mol. The predicted octanol–water partition coefficient (Wildman–Crippen LogP) is 1.27. The molecule has 150 valence electrons. The zero-order valence-electron chi connectivity index (χ0n) is 16.4. The zero-order valence-corrected chi connectivity index (χ0v) is 17.4. The summed E-state index contributed by atoms with van der Waals surface area (Å²) in [4.78, 5) is 27.8. The van der Waals surface area contributed by atoms with Gasteiger partial charge in [0.25, 0.3) is 5.56 Å². The van der Waals surface area contributed by atoms with Crippen molar-refractivity contribution in [2.45, 2.75) is 63.8 Å². The van der Waals surface area contributed by atoms with Crippen LogP contribution in [-0.2, 0) is 14.0 Å². The molecule has 0 aliphatic carbocycles. The average molecular weight is 397 g/mol. The maximum absolute atomic E-state index is 12.0. The molecular formula is C16H28N6O4Si. The van der Waals surface area contributed by atoms with Crippen molar-refractivity contribution in [1.82, 2.24) is 19.5 Å². The van der Waals surface area contributed by atoms with Crippen molar-refractivity contribution in [3.05, 3.63) is 16.7 Å². The number of hydrogen-bond donors (Lipinski definition) is 3. The van der Waals surface area contributed by atoms with Crippen LogP contribution in [0.1, 0.15) is 33.4 Å². The lowest BCUT2D eigenvalue weighted by molar-refractivity contribution is -0.0587. The van der Waals surface area contributed by atoms with E-state index in [9.17, 15) is 4.79 Å². The van der Waals surface area contributed by atoms with Crippen LogP contribution < -0.4 is 17.2 Å². The lowest BCUT2D eigenvalue weighted by Gasteiger charge is -2.37. The first-order valence-corrected chi connectivity index (χ1v) is 11.8. The Morgan fingerprint density at radius 3 is 2.78 bits per heavy atom. The highest BCUT2D eigenvalue weighted by Gasteiger charge is 2.42. The summed E-state index contributed by atoms with van der Waals surface area (Å²) < 4.78 is 14.1. The van der Waals surface area contributed by atoms with E-state index in [1.165, 1.54) is 6.33 Å². The van der Waals surface area contributed by atoms with Gasteiger partial charge in [0.05, 0.1) is 12.9 Å². The molecule has 27 heavy (non-hydrogen) atoms. The van der Waals surface area contributed by atoms with E-state index in [0.29, 0.717) is 18.7 Å². The highest BCUT2D eigenvalue weighted by molar-refractivity contribution is 6.74. The van der Waals surface area contributed by atoms with Gasteiger partial charge in [0.15, 0.2) is 19.5 Å². The summed E-state index contributed by atoms with van der Waals surface area (Å²) in [5.41, 5.74) is 5.84. The second-order valence-electron chi connectivity index (χ2n) is 8.39. The summed E-state index contributed by atoms with van der Waals surface area (Å²) in [5.74, 6) is 5.51. The number of ether oxygens (including phenoxy) is 1. The van der Waals surface area contributed by atoms with Crippen molar-refractivity contribution in [2.75, 3.05) is 12.3 Å². The van der Waals surface area contributed by atoms with E-state index < -0.39 is 20.1 Å². The molecular weight excluding hydrogens is 368 g/mol. The van der Waals surface area contributed by atoms with Crippen molar-refractivity contribution in [2.24, 2.45) is 5.90 Å². The van der Waals surface area contributed by atoms with Crippen molar-refractivity contribution >= 4 is 25.4 Å². The Bertz CT molecular complexity index is 874. The molecule has 3 atom stereocenters. The fourth-order valence-corrected chi connectivity index (χ4v) is 3.84. The van der Waals surface area contributed by atoms with Crippen molar-refractivity contribution < 1.29 is 14.0 Å². The number of fused-ring (bicyclic) bond motifs is 1. The molecule has 10 nitrogen and oxygen atoms in total. The summed E-state index contributed by atoms with van der Waals surface area (Å²) in [5, 5.41) is 0.0904. The number of H-pyrrole nitrogens is 1. The third-order valence-corrected chi connectivity index (χ3v) is 10.0. The Kier molecular flexibility index (Phi) is 5.16. The Hall–Kier alpha value is -1.79. The Morgan fingerprint density at radius 1 is 1.44 bits per heavy atom. The maximum atomic E-state index is 12.0. The van der Waals surface area contributed by atoms with Gasteiger partial charge in [-0.25, -0.2) is 10.9 Å². The third-order valence-electron chi connectivity index (χ3n) is 5.53. The van der Waals surface area contributed by atoms with Gasteiger partial charge in [0.1, 0.15) is 18.4 Å². The SMILES string of the molecule is CC(C)(C)[Si](C)(C)OC[C@H]1O[C@@H](n2cnc3c(=O)[nH]c(N)nc32)CC1ON. The monoisotopic (exact) mass is 396 g/mol. The molecule has 3 rings (SSSR count). The standard InChI is InChI=1S/C16H28N6O4Si/c1-16(2,3)27(4,5)24-7-10-9(26-18)6-11(25-10)22-8-19-12-13(22)20-15(17)21-14(12)23/h8-11H,6-7,18H2,1-5H3,(H3,17,20,21,23)/t9?,10-,11-/m1/s1. The van der Waals surface area contributed by atoms with Crippen LogP contribution in [0.3, 0.4) is 0 Å². The number of nitrogens with one attached hydrogen (secondary N) is 1. The van der Waals surface area contributed by atoms with Crippen molar-refractivity contribution in [3.63, 3.8) is 0 Å². The molecule has 1 saturated heterocycles. The van der Waals surface area contributed by atoms with E-state index in [0.717, 1.165) is 0 Å². The molecule has 1 unspecified atom stereocenters.